The van der Waals surface area contributed by atoms with Crippen LogP contribution in [0.2, 0.25) is 0 Å². The number of primary amides is 1. The van der Waals surface area contributed by atoms with Crippen molar-refractivity contribution in [1.29, 1.82) is 0 Å². The molecule has 2 unspecified atom stereocenters. The molecule has 0 aromatic heterocycles. The molecular formula is C37H48N4O5. The molecule has 246 valence electrons. The first-order valence-electron chi connectivity index (χ1n) is 16.0. The van der Waals surface area contributed by atoms with E-state index in [0.717, 1.165) is 48.4 Å². The number of hydrogen-bond donors (Lipinski definition) is 3. The summed E-state index contributed by atoms with van der Waals surface area (Å²) in [6.07, 6.45) is 6.08. The summed E-state index contributed by atoms with van der Waals surface area (Å²) in [6, 6.07) is 18.3. The van der Waals surface area contributed by atoms with Crippen LogP contribution in [0.4, 0.5) is 10.5 Å². The molecule has 3 aromatic rings. The third-order valence-electron chi connectivity index (χ3n) is 7.47. The predicted molar refractivity (Wildman–Crippen MR) is 184 cm³/mol. The van der Waals surface area contributed by atoms with Crippen molar-refractivity contribution in [2.24, 2.45) is 5.73 Å². The molecule has 4 N–H and O–H groups in total. The van der Waals surface area contributed by atoms with Gasteiger partial charge in [-0.3, -0.25) is 14.4 Å². The molecule has 0 saturated heterocycles. The maximum Gasteiger partial charge on any atom is 0.408 e. The lowest BCUT2D eigenvalue weighted by Gasteiger charge is -2.34. The molecule has 46 heavy (non-hydrogen) atoms. The number of ether oxygens (including phenoxy) is 1. The number of nitrogens with zero attached hydrogens (tertiary/aromatic N) is 1. The molecule has 0 radical (unpaired) electrons. The van der Waals surface area contributed by atoms with Crippen molar-refractivity contribution in [2.45, 2.75) is 90.3 Å². The van der Waals surface area contributed by atoms with Gasteiger partial charge in [-0.2, -0.15) is 0 Å². The molecular weight excluding hydrogens is 580 g/mol. The minimum Gasteiger partial charge on any atom is -0.444 e. The van der Waals surface area contributed by atoms with E-state index >= 15 is 0 Å². The second-order valence-electron chi connectivity index (χ2n) is 12.5. The molecule has 0 spiro atoms. The number of alkyl carbamates (subject to hydrolysis) is 1. The molecule has 0 saturated carbocycles. The van der Waals surface area contributed by atoms with Gasteiger partial charge in [0.25, 0.3) is 5.91 Å². The standard InChI is InChI=1S/C37H48N4O5/c1-6-8-9-10-11-14-22-41(35(44)31(25-32(38)42)40-36(45)46-37(3,4)5)33(29-19-15-16-26(7-2)23-29)34(43)39-30-21-20-27-17-12-13-18-28(27)24-30/h7,12-13,15-21,23-24,31,33H,2,6,8-11,14,22,25H2,1,3-5H3,(H2,38,42)(H,39,43)(H,40,45). The first-order chi connectivity index (χ1) is 21.9. The Morgan fingerprint density at radius 2 is 1.61 bits per heavy atom. The van der Waals surface area contributed by atoms with Gasteiger partial charge in [0.2, 0.25) is 11.8 Å². The van der Waals surface area contributed by atoms with Crippen LogP contribution in [0.25, 0.3) is 16.8 Å². The molecule has 4 amide bonds. The zero-order chi connectivity index (χ0) is 33.7. The Morgan fingerprint density at radius 1 is 0.913 bits per heavy atom. The molecule has 0 fully saturated rings. The second-order valence-corrected chi connectivity index (χ2v) is 12.5. The van der Waals surface area contributed by atoms with Crippen LogP contribution in [-0.4, -0.2) is 46.9 Å². The zero-order valence-electron chi connectivity index (χ0n) is 27.5. The van der Waals surface area contributed by atoms with Crippen LogP contribution < -0.4 is 16.4 Å². The highest BCUT2D eigenvalue weighted by atomic mass is 16.6. The number of amides is 4. The summed E-state index contributed by atoms with van der Waals surface area (Å²) in [6.45, 7) is 11.3. The van der Waals surface area contributed by atoms with Crippen molar-refractivity contribution < 1.29 is 23.9 Å². The number of rotatable bonds is 16. The average molecular weight is 629 g/mol. The fraction of sp³-hybridized carbons (Fsp3) is 0.405. The highest BCUT2D eigenvalue weighted by Crippen LogP contribution is 2.28. The van der Waals surface area contributed by atoms with E-state index in [1.807, 2.05) is 54.6 Å². The summed E-state index contributed by atoms with van der Waals surface area (Å²) in [5.74, 6) is -1.83. The summed E-state index contributed by atoms with van der Waals surface area (Å²) in [7, 11) is 0. The van der Waals surface area contributed by atoms with Gasteiger partial charge in [-0.25, -0.2) is 4.79 Å². The maximum atomic E-state index is 14.4. The van der Waals surface area contributed by atoms with E-state index in [1.54, 1.807) is 39.0 Å². The van der Waals surface area contributed by atoms with Gasteiger partial charge in [0, 0.05) is 12.2 Å². The highest BCUT2D eigenvalue weighted by Gasteiger charge is 2.37. The van der Waals surface area contributed by atoms with E-state index in [1.165, 1.54) is 4.90 Å². The molecule has 9 nitrogen and oxygen atoms in total. The van der Waals surface area contributed by atoms with E-state index in [0.29, 0.717) is 17.7 Å². The van der Waals surface area contributed by atoms with Crippen molar-refractivity contribution in [3.63, 3.8) is 0 Å². The molecule has 2 atom stereocenters. The van der Waals surface area contributed by atoms with Crippen molar-refractivity contribution >= 4 is 46.4 Å². The normalized spacial score (nSPS) is 12.5. The van der Waals surface area contributed by atoms with Gasteiger partial charge < -0.3 is 26.0 Å². The largest absolute Gasteiger partial charge is 0.444 e. The number of carbonyl (C=O) groups excluding carboxylic acids is 4. The highest BCUT2D eigenvalue weighted by molar-refractivity contribution is 6.01. The lowest BCUT2D eigenvalue weighted by Crippen LogP contribution is -2.53. The van der Waals surface area contributed by atoms with E-state index in [2.05, 4.69) is 24.1 Å². The van der Waals surface area contributed by atoms with Gasteiger partial charge >= 0.3 is 6.09 Å². The number of fused-ring (bicyclic) bond motifs is 1. The van der Waals surface area contributed by atoms with Gasteiger partial charge in [0.15, 0.2) is 0 Å². The van der Waals surface area contributed by atoms with Crippen molar-refractivity contribution in [2.75, 3.05) is 11.9 Å². The lowest BCUT2D eigenvalue weighted by atomic mass is 9.99. The Kier molecular flexibility index (Phi) is 13.4. The third-order valence-corrected chi connectivity index (χ3v) is 7.47. The summed E-state index contributed by atoms with van der Waals surface area (Å²) in [4.78, 5) is 55.1. The SMILES string of the molecule is C=Cc1cccc(C(C(=O)Nc2ccc3ccccc3c2)N(CCCCCCCC)C(=O)C(CC(N)=O)NC(=O)OC(C)(C)C)c1. The minimum absolute atomic E-state index is 0.213. The Hall–Kier alpha value is -4.66. The number of nitrogens with one attached hydrogen (secondary N) is 2. The van der Waals surface area contributed by atoms with Gasteiger partial charge in [-0.15, -0.1) is 0 Å². The van der Waals surface area contributed by atoms with Crippen LogP contribution in [0.1, 0.15) is 89.8 Å². The number of nitrogens with two attached hydrogens (primary N) is 1. The van der Waals surface area contributed by atoms with E-state index < -0.39 is 47.9 Å². The first-order valence-corrected chi connectivity index (χ1v) is 16.0. The van der Waals surface area contributed by atoms with Gasteiger partial charge in [0.05, 0.1) is 6.42 Å². The fourth-order valence-electron chi connectivity index (χ4n) is 5.29. The predicted octanol–water partition coefficient (Wildman–Crippen LogP) is 7.12. The molecule has 3 rings (SSSR count). The summed E-state index contributed by atoms with van der Waals surface area (Å²) < 4.78 is 5.39. The van der Waals surface area contributed by atoms with Gasteiger partial charge in [-0.05, 0) is 67.3 Å². The maximum absolute atomic E-state index is 14.4. The first kappa shape index (κ1) is 35.8. The van der Waals surface area contributed by atoms with Crippen LogP contribution in [-0.2, 0) is 19.1 Å². The number of anilines is 1. The molecule has 3 aromatic carbocycles. The van der Waals surface area contributed by atoms with E-state index in [9.17, 15) is 19.2 Å². The molecule has 0 bridgehead atoms. The Labute approximate surface area is 272 Å². The molecule has 0 aliphatic heterocycles. The number of hydrogen-bond acceptors (Lipinski definition) is 5. The van der Waals surface area contributed by atoms with Crippen molar-refractivity contribution in [3.8, 4) is 0 Å². The Bertz CT molecular complexity index is 1510. The monoisotopic (exact) mass is 628 g/mol. The Morgan fingerprint density at radius 3 is 2.28 bits per heavy atom. The van der Waals surface area contributed by atoms with Crippen LogP contribution in [0.3, 0.4) is 0 Å². The summed E-state index contributed by atoms with van der Waals surface area (Å²) in [5.41, 5.74) is 6.61. The van der Waals surface area contributed by atoms with Gasteiger partial charge in [0.1, 0.15) is 17.7 Å². The lowest BCUT2D eigenvalue weighted by molar-refractivity contribution is -0.142. The smallest absolute Gasteiger partial charge is 0.408 e. The molecule has 9 heteroatoms. The molecule has 0 aliphatic carbocycles. The Balaban J connectivity index is 2.05. The molecule has 0 heterocycles. The average Bonchev–Trinajstić information content (AvgIpc) is 3.00. The number of carbonyl (C=O) groups is 4. The fourth-order valence-corrected chi connectivity index (χ4v) is 5.29. The van der Waals surface area contributed by atoms with E-state index in [4.69, 9.17) is 10.5 Å². The second kappa shape index (κ2) is 17.1. The van der Waals surface area contributed by atoms with E-state index in [-0.39, 0.29) is 6.54 Å². The number of unbranched alkanes of at least 4 members (excludes halogenated alkanes) is 5. The van der Waals surface area contributed by atoms with Crippen LogP contribution in [0.5, 0.6) is 0 Å². The minimum atomic E-state index is -1.34. The van der Waals surface area contributed by atoms with Crippen molar-refractivity contribution in [3.05, 3.63) is 84.4 Å². The van der Waals surface area contributed by atoms with Crippen LogP contribution >= 0.6 is 0 Å². The van der Waals surface area contributed by atoms with Crippen LogP contribution in [0, 0.1) is 0 Å². The third kappa shape index (κ3) is 11.1. The quantitative estimate of drug-likeness (QED) is 0.145. The van der Waals surface area contributed by atoms with Crippen LogP contribution in [0.15, 0.2) is 73.3 Å². The zero-order valence-corrected chi connectivity index (χ0v) is 27.5. The van der Waals surface area contributed by atoms with Gasteiger partial charge in [-0.1, -0.05) is 100 Å². The topological polar surface area (TPSA) is 131 Å². The number of benzene rings is 3. The molecule has 0 aliphatic rings. The summed E-state index contributed by atoms with van der Waals surface area (Å²) >= 11 is 0. The van der Waals surface area contributed by atoms with Crippen molar-refractivity contribution in [1.82, 2.24) is 10.2 Å². The summed E-state index contributed by atoms with van der Waals surface area (Å²) in [5, 5.41) is 7.53.